The van der Waals surface area contributed by atoms with Crippen LogP contribution in [0.15, 0.2) is 36.7 Å². The maximum absolute atomic E-state index is 11.4. The lowest BCUT2D eigenvalue weighted by Crippen LogP contribution is -2.22. The van der Waals surface area contributed by atoms with Gasteiger partial charge in [0.1, 0.15) is 0 Å². The third-order valence-corrected chi connectivity index (χ3v) is 2.89. The summed E-state index contributed by atoms with van der Waals surface area (Å²) in [5.74, 6) is -0.396. The minimum absolute atomic E-state index is 0.154. The van der Waals surface area contributed by atoms with Gasteiger partial charge in [0.2, 0.25) is 0 Å². The molecule has 0 bridgehead atoms. The van der Waals surface area contributed by atoms with Crippen molar-refractivity contribution < 1.29 is 9.53 Å². The fourth-order valence-corrected chi connectivity index (χ4v) is 1.94. The molecule has 0 aliphatic heterocycles. The largest absolute Gasteiger partial charge is 0.465 e. The number of rotatable bonds is 5. The maximum atomic E-state index is 11.4. The van der Waals surface area contributed by atoms with Gasteiger partial charge in [0.25, 0.3) is 0 Å². The molecule has 6 nitrogen and oxygen atoms in total. The molecule has 106 valence electrons. The molecule has 20 heavy (non-hydrogen) atoms. The van der Waals surface area contributed by atoms with E-state index in [-0.39, 0.29) is 6.04 Å². The van der Waals surface area contributed by atoms with Gasteiger partial charge in [-0.05, 0) is 31.2 Å². The van der Waals surface area contributed by atoms with Gasteiger partial charge in [-0.1, -0.05) is 0 Å². The van der Waals surface area contributed by atoms with Gasteiger partial charge in [0, 0.05) is 18.4 Å². The van der Waals surface area contributed by atoms with Crippen molar-refractivity contribution in [3.8, 4) is 0 Å². The van der Waals surface area contributed by atoms with E-state index >= 15 is 0 Å². The molecule has 6 heteroatoms. The molecule has 0 aliphatic carbocycles. The van der Waals surface area contributed by atoms with Gasteiger partial charge in [0.15, 0.2) is 0 Å². The number of anilines is 2. The zero-order chi connectivity index (χ0) is 14.5. The Morgan fingerprint density at radius 1 is 1.55 bits per heavy atom. The molecule has 0 aliphatic rings. The van der Waals surface area contributed by atoms with Crippen LogP contribution in [-0.4, -0.2) is 28.9 Å². The molecule has 0 radical (unpaired) electrons. The molecule has 0 spiro atoms. The molecular formula is C14H18N4O2. The average molecular weight is 274 g/mol. The Hall–Kier alpha value is -2.50. The molecule has 0 saturated carbocycles. The van der Waals surface area contributed by atoms with Crippen molar-refractivity contribution in [2.45, 2.75) is 19.5 Å². The molecule has 2 rings (SSSR count). The molecule has 1 unspecified atom stereocenters. The number of hydrogen-bond donors (Lipinski definition) is 2. The molecule has 1 heterocycles. The highest BCUT2D eigenvalue weighted by Gasteiger charge is 2.10. The van der Waals surface area contributed by atoms with Crippen LogP contribution >= 0.6 is 0 Å². The van der Waals surface area contributed by atoms with E-state index in [1.807, 2.05) is 23.9 Å². The summed E-state index contributed by atoms with van der Waals surface area (Å²) in [7, 11) is 1.34. The first-order valence-corrected chi connectivity index (χ1v) is 6.32. The second-order valence-corrected chi connectivity index (χ2v) is 4.57. The summed E-state index contributed by atoms with van der Waals surface area (Å²) in [5, 5.41) is 7.45. The lowest BCUT2D eigenvalue weighted by atomic mass is 10.1. The Morgan fingerprint density at radius 3 is 2.95 bits per heavy atom. The van der Waals surface area contributed by atoms with Gasteiger partial charge in [0.05, 0.1) is 30.6 Å². The second kappa shape index (κ2) is 6.10. The van der Waals surface area contributed by atoms with E-state index in [2.05, 4.69) is 15.2 Å². The Morgan fingerprint density at radius 2 is 2.35 bits per heavy atom. The third-order valence-electron chi connectivity index (χ3n) is 2.89. The lowest BCUT2D eigenvalue weighted by Gasteiger charge is -2.17. The molecule has 1 aromatic heterocycles. The number of aromatic nitrogens is 2. The quantitative estimate of drug-likeness (QED) is 0.641. The number of hydrogen-bond acceptors (Lipinski definition) is 5. The zero-order valence-corrected chi connectivity index (χ0v) is 11.5. The molecule has 0 amide bonds. The van der Waals surface area contributed by atoms with Gasteiger partial charge in [-0.25, -0.2) is 4.79 Å². The van der Waals surface area contributed by atoms with Gasteiger partial charge < -0.3 is 15.8 Å². The Labute approximate surface area is 117 Å². The van der Waals surface area contributed by atoms with Crippen LogP contribution < -0.4 is 11.1 Å². The summed E-state index contributed by atoms with van der Waals surface area (Å²) in [6.45, 7) is 2.76. The highest BCUT2D eigenvalue weighted by molar-refractivity contribution is 5.91. The Kier molecular flexibility index (Phi) is 4.24. The van der Waals surface area contributed by atoms with Crippen molar-refractivity contribution in [2.24, 2.45) is 0 Å². The van der Waals surface area contributed by atoms with Crippen molar-refractivity contribution in [3.63, 3.8) is 0 Å². The van der Waals surface area contributed by atoms with Gasteiger partial charge >= 0.3 is 5.97 Å². The molecule has 3 N–H and O–H groups in total. The van der Waals surface area contributed by atoms with Crippen molar-refractivity contribution in [2.75, 3.05) is 18.2 Å². The number of esters is 1. The predicted molar refractivity (Wildman–Crippen MR) is 77.5 cm³/mol. The number of nitrogens with one attached hydrogen (secondary N) is 1. The van der Waals surface area contributed by atoms with Crippen LogP contribution in [0.5, 0.6) is 0 Å². The monoisotopic (exact) mass is 274 g/mol. The summed E-state index contributed by atoms with van der Waals surface area (Å²) in [6, 6.07) is 7.11. The fourth-order valence-electron chi connectivity index (χ4n) is 1.94. The standard InChI is InChI=1S/C14H18N4O2/c1-10(9-18-7-3-6-16-18)17-13-5-4-11(8-12(13)15)14(19)20-2/h3-8,10,17H,9,15H2,1-2H3. The summed E-state index contributed by atoms with van der Waals surface area (Å²) in [6.07, 6.45) is 3.65. The van der Waals surface area contributed by atoms with Gasteiger partial charge in [-0.2, -0.15) is 5.10 Å². The maximum Gasteiger partial charge on any atom is 0.337 e. The van der Waals surface area contributed by atoms with E-state index in [1.165, 1.54) is 7.11 Å². The van der Waals surface area contributed by atoms with Crippen LogP contribution in [-0.2, 0) is 11.3 Å². The van der Waals surface area contributed by atoms with Crippen LogP contribution in [0.25, 0.3) is 0 Å². The summed E-state index contributed by atoms with van der Waals surface area (Å²) in [4.78, 5) is 11.4. The van der Waals surface area contributed by atoms with E-state index in [0.29, 0.717) is 11.3 Å². The summed E-state index contributed by atoms with van der Waals surface area (Å²) < 4.78 is 6.50. The van der Waals surface area contributed by atoms with Crippen LogP contribution in [0.2, 0.25) is 0 Å². The smallest absolute Gasteiger partial charge is 0.337 e. The first kappa shape index (κ1) is 13.9. The number of nitrogens with two attached hydrogens (primary N) is 1. The number of carbonyl (C=O) groups excluding carboxylic acids is 1. The van der Waals surface area contributed by atoms with Crippen molar-refractivity contribution >= 4 is 17.3 Å². The highest BCUT2D eigenvalue weighted by atomic mass is 16.5. The molecular weight excluding hydrogens is 256 g/mol. The number of benzene rings is 1. The van der Waals surface area contributed by atoms with Gasteiger partial charge in [-0.3, -0.25) is 4.68 Å². The number of nitrogen functional groups attached to an aromatic ring is 1. The number of carbonyl (C=O) groups is 1. The average Bonchev–Trinajstić information content (AvgIpc) is 2.93. The number of methoxy groups -OCH3 is 1. The van der Waals surface area contributed by atoms with E-state index in [0.717, 1.165) is 12.2 Å². The summed E-state index contributed by atoms with van der Waals surface area (Å²) >= 11 is 0. The highest BCUT2D eigenvalue weighted by Crippen LogP contribution is 2.21. The van der Waals surface area contributed by atoms with E-state index < -0.39 is 5.97 Å². The topological polar surface area (TPSA) is 82.2 Å². The lowest BCUT2D eigenvalue weighted by molar-refractivity contribution is 0.0601. The van der Waals surface area contributed by atoms with Crippen molar-refractivity contribution in [1.29, 1.82) is 0 Å². The SMILES string of the molecule is COC(=O)c1ccc(NC(C)Cn2cccn2)c(N)c1. The number of nitrogens with zero attached hydrogens (tertiary/aromatic N) is 2. The molecule has 1 aromatic carbocycles. The van der Waals surface area contributed by atoms with E-state index in [9.17, 15) is 4.79 Å². The van der Waals surface area contributed by atoms with E-state index in [4.69, 9.17) is 5.73 Å². The normalized spacial score (nSPS) is 11.9. The predicted octanol–water partition coefficient (Wildman–Crippen LogP) is 1.75. The first-order valence-electron chi connectivity index (χ1n) is 6.32. The van der Waals surface area contributed by atoms with Crippen LogP contribution in [0.3, 0.4) is 0 Å². The Balaban J connectivity index is 2.04. The van der Waals surface area contributed by atoms with Crippen molar-refractivity contribution in [1.82, 2.24) is 9.78 Å². The third kappa shape index (κ3) is 3.28. The van der Waals surface area contributed by atoms with Crippen LogP contribution in [0, 0.1) is 0 Å². The fraction of sp³-hybridized carbons (Fsp3) is 0.286. The van der Waals surface area contributed by atoms with Crippen LogP contribution in [0.4, 0.5) is 11.4 Å². The minimum Gasteiger partial charge on any atom is -0.465 e. The van der Waals surface area contributed by atoms with Gasteiger partial charge in [-0.15, -0.1) is 0 Å². The zero-order valence-electron chi connectivity index (χ0n) is 11.5. The first-order chi connectivity index (χ1) is 9.60. The molecule has 0 saturated heterocycles. The Bertz CT molecular complexity index is 581. The second-order valence-electron chi connectivity index (χ2n) is 4.57. The summed E-state index contributed by atoms with van der Waals surface area (Å²) in [5.41, 5.74) is 7.69. The van der Waals surface area contributed by atoms with Crippen molar-refractivity contribution in [3.05, 3.63) is 42.2 Å². The van der Waals surface area contributed by atoms with Crippen LogP contribution in [0.1, 0.15) is 17.3 Å². The van der Waals surface area contributed by atoms with E-state index in [1.54, 1.807) is 24.4 Å². The molecule has 2 aromatic rings. The molecule has 1 atom stereocenters. The molecule has 0 fully saturated rings. The number of ether oxygens (including phenoxy) is 1. The minimum atomic E-state index is -0.396.